The summed E-state index contributed by atoms with van der Waals surface area (Å²) >= 11 is 0. The Hall–Kier alpha value is -3.27. The molecular weight excluding hydrogens is 352 g/mol. The van der Waals surface area contributed by atoms with Crippen LogP contribution in [0, 0.1) is 0 Å². The van der Waals surface area contributed by atoms with Crippen molar-refractivity contribution >= 4 is 17.3 Å². The van der Waals surface area contributed by atoms with Crippen LogP contribution in [0.25, 0.3) is 16.9 Å². The number of piperidine rings is 1. The number of aliphatic hydroxyl groups is 1. The summed E-state index contributed by atoms with van der Waals surface area (Å²) in [6.07, 6.45) is 0.866. The Morgan fingerprint density at radius 1 is 1.19 bits per heavy atom. The molecule has 3 aromatic rings. The van der Waals surface area contributed by atoms with Crippen LogP contribution in [-0.2, 0) is 6.54 Å². The molecule has 0 bridgehead atoms. The molecule has 0 atom stereocenters. The molecule has 27 heavy (non-hydrogen) atoms. The van der Waals surface area contributed by atoms with Gasteiger partial charge in [0.05, 0.1) is 17.8 Å². The third kappa shape index (κ3) is 3.14. The number of benzene rings is 1. The number of rotatable bonds is 3. The summed E-state index contributed by atoms with van der Waals surface area (Å²) in [6.45, 7) is 0.474. The van der Waals surface area contributed by atoms with Crippen molar-refractivity contribution in [3.63, 3.8) is 0 Å². The molecule has 10 heteroatoms. The number of amides is 1. The third-order valence-corrected chi connectivity index (χ3v) is 4.86. The Labute approximate surface area is 153 Å². The average molecular weight is 370 g/mol. The minimum absolute atomic E-state index is 0.0282. The SMILES string of the molecule is O=C(O)N1CCC(O)(Cn2cnc3c(nnn3-c3ccccc3)c2=O)CC1. The highest BCUT2D eigenvalue weighted by Gasteiger charge is 2.34. The second-order valence-electron chi connectivity index (χ2n) is 6.68. The standard InChI is InChI=1S/C17H18N6O4/c24-15-13-14(23(20-19-13)12-4-2-1-3-5-12)18-11-22(15)10-17(27)6-8-21(9-7-17)16(25)26/h1-5,11,27H,6-10H2,(H,25,26). The lowest BCUT2D eigenvalue weighted by molar-refractivity contribution is -0.0304. The number of carboxylic acid groups (broad SMARTS) is 1. The van der Waals surface area contributed by atoms with E-state index < -0.39 is 17.3 Å². The van der Waals surface area contributed by atoms with Crippen LogP contribution in [-0.4, -0.2) is 64.4 Å². The quantitative estimate of drug-likeness (QED) is 0.687. The van der Waals surface area contributed by atoms with Crippen molar-refractivity contribution in [3.05, 3.63) is 47.0 Å². The highest BCUT2D eigenvalue weighted by Crippen LogP contribution is 2.24. The maximum Gasteiger partial charge on any atom is 0.407 e. The van der Waals surface area contributed by atoms with E-state index in [0.29, 0.717) is 5.65 Å². The van der Waals surface area contributed by atoms with Crippen molar-refractivity contribution in [2.24, 2.45) is 0 Å². The predicted octanol–water partition coefficient (Wildman–Crippen LogP) is 0.482. The first-order chi connectivity index (χ1) is 13.0. The van der Waals surface area contributed by atoms with E-state index in [2.05, 4.69) is 15.3 Å². The van der Waals surface area contributed by atoms with Crippen LogP contribution in [0.5, 0.6) is 0 Å². The smallest absolute Gasteiger partial charge is 0.407 e. The fourth-order valence-electron chi connectivity index (χ4n) is 3.29. The van der Waals surface area contributed by atoms with Crippen molar-refractivity contribution in [3.8, 4) is 5.69 Å². The van der Waals surface area contributed by atoms with Gasteiger partial charge in [0.15, 0.2) is 11.2 Å². The fourth-order valence-corrected chi connectivity index (χ4v) is 3.29. The molecule has 1 saturated heterocycles. The first-order valence-electron chi connectivity index (χ1n) is 8.53. The van der Waals surface area contributed by atoms with Gasteiger partial charge in [-0.05, 0) is 25.0 Å². The molecule has 1 aliphatic heterocycles. The minimum Gasteiger partial charge on any atom is -0.465 e. The molecule has 2 aromatic heterocycles. The van der Waals surface area contributed by atoms with Gasteiger partial charge in [-0.25, -0.2) is 9.78 Å². The predicted molar refractivity (Wildman–Crippen MR) is 94.7 cm³/mol. The van der Waals surface area contributed by atoms with E-state index in [1.165, 1.54) is 20.5 Å². The van der Waals surface area contributed by atoms with Crippen LogP contribution in [0.4, 0.5) is 4.79 Å². The van der Waals surface area contributed by atoms with Crippen molar-refractivity contribution in [2.45, 2.75) is 25.0 Å². The zero-order valence-corrected chi connectivity index (χ0v) is 14.4. The number of para-hydroxylation sites is 1. The molecule has 2 N–H and O–H groups in total. The Bertz CT molecular complexity index is 1040. The van der Waals surface area contributed by atoms with Gasteiger partial charge < -0.3 is 15.1 Å². The number of fused-ring (bicyclic) bond motifs is 1. The van der Waals surface area contributed by atoms with Crippen LogP contribution in [0.2, 0.25) is 0 Å². The maximum atomic E-state index is 12.8. The Morgan fingerprint density at radius 3 is 2.56 bits per heavy atom. The molecule has 0 unspecified atom stereocenters. The van der Waals surface area contributed by atoms with E-state index in [9.17, 15) is 14.7 Å². The summed E-state index contributed by atoms with van der Waals surface area (Å²) in [6, 6.07) is 9.24. The van der Waals surface area contributed by atoms with Gasteiger partial charge in [0.1, 0.15) is 6.33 Å². The first-order valence-corrected chi connectivity index (χ1v) is 8.53. The Kier molecular flexibility index (Phi) is 4.11. The maximum absolute atomic E-state index is 12.8. The fraction of sp³-hybridized carbons (Fsp3) is 0.353. The molecule has 0 aliphatic carbocycles. The largest absolute Gasteiger partial charge is 0.465 e. The monoisotopic (exact) mass is 370 g/mol. The van der Waals surface area contributed by atoms with Gasteiger partial charge in [-0.1, -0.05) is 23.4 Å². The van der Waals surface area contributed by atoms with Crippen molar-refractivity contribution < 1.29 is 15.0 Å². The number of carbonyl (C=O) groups is 1. The van der Waals surface area contributed by atoms with Gasteiger partial charge in [-0.2, -0.15) is 4.68 Å². The van der Waals surface area contributed by atoms with Gasteiger partial charge in [0.25, 0.3) is 5.56 Å². The summed E-state index contributed by atoms with van der Waals surface area (Å²) in [7, 11) is 0. The van der Waals surface area contributed by atoms with Crippen LogP contribution in [0.1, 0.15) is 12.8 Å². The second kappa shape index (κ2) is 6.47. The highest BCUT2D eigenvalue weighted by atomic mass is 16.4. The Balaban J connectivity index is 1.62. The van der Waals surface area contributed by atoms with Crippen LogP contribution >= 0.6 is 0 Å². The molecule has 1 amide bonds. The molecule has 0 spiro atoms. The van der Waals surface area contributed by atoms with Gasteiger partial charge in [0, 0.05) is 13.1 Å². The summed E-state index contributed by atoms with van der Waals surface area (Å²) in [4.78, 5) is 29.3. The molecule has 10 nitrogen and oxygen atoms in total. The van der Waals surface area contributed by atoms with Crippen LogP contribution < -0.4 is 5.56 Å². The highest BCUT2D eigenvalue weighted by molar-refractivity contribution is 5.70. The number of aromatic nitrogens is 5. The van der Waals surface area contributed by atoms with Gasteiger partial charge in [-0.15, -0.1) is 5.10 Å². The van der Waals surface area contributed by atoms with Gasteiger partial charge in [0.2, 0.25) is 0 Å². The van der Waals surface area contributed by atoms with E-state index in [1.54, 1.807) is 0 Å². The number of nitrogens with zero attached hydrogens (tertiary/aromatic N) is 6. The Morgan fingerprint density at radius 2 is 1.89 bits per heavy atom. The number of likely N-dealkylation sites (tertiary alicyclic amines) is 1. The topological polar surface area (TPSA) is 126 Å². The lowest BCUT2D eigenvalue weighted by Gasteiger charge is -2.37. The second-order valence-corrected chi connectivity index (χ2v) is 6.68. The van der Waals surface area contributed by atoms with E-state index >= 15 is 0 Å². The van der Waals surface area contributed by atoms with Crippen molar-refractivity contribution in [1.82, 2.24) is 29.4 Å². The minimum atomic E-state index is -1.17. The van der Waals surface area contributed by atoms with E-state index in [4.69, 9.17) is 5.11 Å². The summed E-state index contributed by atoms with van der Waals surface area (Å²) < 4.78 is 2.80. The molecule has 0 saturated carbocycles. The summed E-state index contributed by atoms with van der Waals surface area (Å²) in [5.41, 5.74) is -0.357. The molecule has 4 rings (SSSR count). The lowest BCUT2D eigenvalue weighted by atomic mass is 9.91. The summed E-state index contributed by atoms with van der Waals surface area (Å²) in [5, 5.41) is 27.7. The molecular formula is C17H18N6O4. The van der Waals surface area contributed by atoms with Crippen LogP contribution in [0.15, 0.2) is 41.5 Å². The zero-order chi connectivity index (χ0) is 19.0. The molecule has 1 aromatic carbocycles. The lowest BCUT2D eigenvalue weighted by Crippen LogP contribution is -2.49. The molecule has 1 aliphatic rings. The van der Waals surface area contributed by atoms with Crippen LogP contribution in [0.3, 0.4) is 0 Å². The van der Waals surface area contributed by atoms with E-state index in [0.717, 1.165) is 5.69 Å². The zero-order valence-electron chi connectivity index (χ0n) is 14.4. The summed E-state index contributed by atoms with van der Waals surface area (Å²) in [5.74, 6) is 0. The van der Waals surface area contributed by atoms with Crippen molar-refractivity contribution in [1.29, 1.82) is 0 Å². The first kappa shape index (κ1) is 17.2. The number of hydrogen-bond acceptors (Lipinski definition) is 6. The van der Waals surface area contributed by atoms with Gasteiger partial charge >= 0.3 is 6.09 Å². The normalized spacial score (nSPS) is 16.6. The average Bonchev–Trinajstić information content (AvgIpc) is 3.10. The molecule has 3 heterocycles. The molecule has 1 fully saturated rings. The van der Waals surface area contributed by atoms with E-state index in [1.807, 2.05) is 30.3 Å². The third-order valence-electron chi connectivity index (χ3n) is 4.86. The molecule has 0 radical (unpaired) electrons. The number of hydrogen-bond donors (Lipinski definition) is 2. The van der Waals surface area contributed by atoms with Crippen molar-refractivity contribution in [2.75, 3.05) is 13.1 Å². The molecule has 140 valence electrons. The van der Waals surface area contributed by atoms with Gasteiger partial charge in [-0.3, -0.25) is 9.36 Å². The van der Waals surface area contributed by atoms with E-state index in [-0.39, 0.29) is 38.0 Å².